The molecule has 1 aromatic rings. The second kappa shape index (κ2) is 4.97. The Morgan fingerprint density at radius 1 is 1.54 bits per heavy atom. The SMILES string of the molecule is CCCn1cnnc1CC(N)CC. The average molecular weight is 182 g/mol. The summed E-state index contributed by atoms with van der Waals surface area (Å²) in [7, 11) is 0. The largest absolute Gasteiger partial charge is 0.327 e. The summed E-state index contributed by atoms with van der Waals surface area (Å²) in [6, 6.07) is 0.208. The van der Waals surface area contributed by atoms with Crippen LogP contribution in [0.4, 0.5) is 0 Å². The van der Waals surface area contributed by atoms with Crippen molar-refractivity contribution in [3.63, 3.8) is 0 Å². The van der Waals surface area contributed by atoms with Gasteiger partial charge in [-0.15, -0.1) is 10.2 Å². The topological polar surface area (TPSA) is 56.7 Å². The van der Waals surface area contributed by atoms with E-state index >= 15 is 0 Å². The van der Waals surface area contributed by atoms with Gasteiger partial charge in [-0.05, 0) is 12.8 Å². The van der Waals surface area contributed by atoms with Gasteiger partial charge in [-0.1, -0.05) is 13.8 Å². The third kappa shape index (κ3) is 2.81. The Kier molecular flexibility index (Phi) is 3.89. The molecule has 0 saturated carbocycles. The van der Waals surface area contributed by atoms with E-state index in [2.05, 4.69) is 28.6 Å². The monoisotopic (exact) mass is 182 g/mol. The molecule has 0 radical (unpaired) electrons. The Morgan fingerprint density at radius 2 is 2.31 bits per heavy atom. The van der Waals surface area contributed by atoms with Gasteiger partial charge >= 0.3 is 0 Å². The zero-order valence-corrected chi connectivity index (χ0v) is 8.40. The van der Waals surface area contributed by atoms with Gasteiger partial charge < -0.3 is 10.3 Å². The number of aromatic nitrogens is 3. The molecule has 0 fully saturated rings. The predicted molar refractivity (Wildman–Crippen MR) is 52.3 cm³/mol. The van der Waals surface area contributed by atoms with Crippen molar-refractivity contribution in [3.8, 4) is 0 Å². The number of hydrogen-bond acceptors (Lipinski definition) is 3. The molecule has 0 aromatic carbocycles. The van der Waals surface area contributed by atoms with Crippen molar-refractivity contribution in [2.75, 3.05) is 0 Å². The molecule has 0 aliphatic rings. The van der Waals surface area contributed by atoms with Gasteiger partial charge in [0.1, 0.15) is 12.2 Å². The molecular formula is C9H18N4. The highest BCUT2D eigenvalue weighted by Crippen LogP contribution is 2.01. The zero-order valence-electron chi connectivity index (χ0n) is 8.40. The quantitative estimate of drug-likeness (QED) is 0.738. The van der Waals surface area contributed by atoms with Gasteiger partial charge in [0.2, 0.25) is 0 Å². The van der Waals surface area contributed by atoms with Gasteiger partial charge in [0.15, 0.2) is 0 Å². The molecule has 0 bridgehead atoms. The molecule has 0 saturated heterocycles. The highest BCUT2D eigenvalue weighted by Gasteiger charge is 2.07. The molecule has 2 N–H and O–H groups in total. The van der Waals surface area contributed by atoms with Crippen LogP contribution in [-0.4, -0.2) is 20.8 Å². The number of hydrogen-bond donors (Lipinski definition) is 1. The number of rotatable bonds is 5. The van der Waals surface area contributed by atoms with Crippen molar-refractivity contribution in [2.45, 2.75) is 45.7 Å². The smallest absolute Gasteiger partial charge is 0.134 e. The van der Waals surface area contributed by atoms with Crippen LogP contribution in [0.2, 0.25) is 0 Å². The van der Waals surface area contributed by atoms with Crippen molar-refractivity contribution < 1.29 is 0 Å². The van der Waals surface area contributed by atoms with Crippen LogP contribution < -0.4 is 5.73 Å². The van der Waals surface area contributed by atoms with Gasteiger partial charge in [-0.25, -0.2) is 0 Å². The predicted octanol–water partition coefficient (Wildman–Crippen LogP) is 0.968. The Hall–Kier alpha value is -0.900. The summed E-state index contributed by atoms with van der Waals surface area (Å²) < 4.78 is 2.08. The van der Waals surface area contributed by atoms with E-state index in [9.17, 15) is 0 Å². The van der Waals surface area contributed by atoms with Crippen molar-refractivity contribution in [2.24, 2.45) is 5.73 Å². The standard InChI is InChI=1S/C9H18N4/c1-3-5-13-7-11-12-9(13)6-8(10)4-2/h7-8H,3-6,10H2,1-2H3. The molecule has 4 heteroatoms. The second-order valence-electron chi connectivity index (χ2n) is 3.31. The molecule has 0 aliphatic carbocycles. The first-order chi connectivity index (χ1) is 6.27. The van der Waals surface area contributed by atoms with E-state index in [0.29, 0.717) is 0 Å². The summed E-state index contributed by atoms with van der Waals surface area (Å²) in [5.41, 5.74) is 5.85. The van der Waals surface area contributed by atoms with E-state index in [-0.39, 0.29) is 6.04 Å². The molecule has 13 heavy (non-hydrogen) atoms. The first kappa shape index (κ1) is 10.2. The fourth-order valence-corrected chi connectivity index (χ4v) is 1.24. The zero-order chi connectivity index (χ0) is 9.68. The summed E-state index contributed by atoms with van der Waals surface area (Å²) in [4.78, 5) is 0. The van der Waals surface area contributed by atoms with Gasteiger partial charge in [0.25, 0.3) is 0 Å². The lowest BCUT2D eigenvalue weighted by molar-refractivity contribution is 0.574. The van der Waals surface area contributed by atoms with Gasteiger partial charge in [0, 0.05) is 19.0 Å². The third-order valence-corrected chi connectivity index (χ3v) is 2.13. The third-order valence-electron chi connectivity index (χ3n) is 2.13. The molecule has 1 aromatic heterocycles. The van der Waals surface area contributed by atoms with E-state index in [1.165, 1.54) is 0 Å². The maximum Gasteiger partial charge on any atom is 0.134 e. The molecule has 0 aliphatic heterocycles. The van der Waals surface area contributed by atoms with Crippen LogP contribution >= 0.6 is 0 Å². The fourth-order valence-electron chi connectivity index (χ4n) is 1.24. The fraction of sp³-hybridized carbons (Fsp3) is 0.778. The lowest BCUT2D eigenvalue weighted by Gasteiger charge is -2.08. The Bertz CT molecular complexity index is 244. The van der Waals surface area contributed by atoms with Crippen molar-refractivity contribution >= 4 is 0 Å². The molecule has 74 valence electrons. The van der Waals surface area contributed by atoms with Crippen LogP contribution in [0.3, 0.4) is 0 Å². The molecule has 4 nitrogen and oxygen atoms in total. The van der Waals surface area contributed by atoms with E-state index < -0.39 is 0 Å². The molecule has 0 spiro atoms. The Labute approximate surface area is 79.2 Å². The second-order valence-corrected chi connectivity index (χ2v) is 3.31. The first-order valence-corrected chi connectivity index (χ1v) is 4.90. The minimum absolute atomic E-state index is 0.208. The van der Waals surface area contributed by atoms with E-state index in [4.69, 9.17) is 5.73 Å². The summed E-state index contributed by atoms with van der Waals surface area (Å²) in [5, 5.41) is 7.94. The Morgan fingerprint density at radius 3 is 2.92 bits per heavy atom. The minimum Gasteiger partial charge on any atom is -0.327 e. The number of nitrogens with zero attached hydrogens (tertiary/aromatic N) is 3. The number of aryl methyl sites for hydroxylation is 1. The van der Waals surface area contributed by atoms with Crippen LogP contribution in [0.25, 0.3) is 0 Å². The van der Waals surface area contributed by atoms with E-state index in [0.717, 1.165) is 31.6 Å². The Balaban J connectivity index is 2.59. The van der Waals surface area contributed by atoms with Crippen LogP contribution in [0.15, 0.2) is 6.33 Å². The molecule has 1 heterocycles. The molecular weight excluding hydrogens is 164 g/mol. The lowest BCUT2D eigenvalue weighted by atomic mass is 10.1. The highest BCUT2D eigenvalue weighted by atomic mass is 15.3. The summed E-state index contributed by atoms with van der Waals surface area (Å²) in [6.45, 7) is 5.22. The van der Waals surface area contributed by atoms with Crippen molar-refractivity contribution in [3.05, 3.63) is 12.2 Å². The number of nitrogens with two attached hydrogens (primary N) is 1. The average Bonchev–Trinajstić information content (AvgIpc) is 2.54. The van der Waals surface area contributed by atoms with Gasteiger partial charge in [0.05, 0.1) is 0 Å². The summed E-state index contributed by atoms with van der Waals surface area (Å²) >= 11 is 0. The van der Waals surface area contributed by atoms with Crippen LogP contribution in [0.5, 0.6) is 0 Å². The first-order valence-electron chi connectivity index (χ1n) is 4.90. The molecule has 1 atom stereocenters. The van der Waals surface area contributed by atoms with E-state index in [1.54, 1.807) is 6.33 Å². The van der Waals surface area contributed by atoms with E-state index in [1.807, 2.05) is 0 Å². The van der Waals surface area contributed by atoms with Crippen LogP contribution in [-0.2, 0) is 13.0 Å². The maximum absolute atomic E-state index is 5.85. The molecule has 1 unspecified atom stereocenters. The summed E-state index contributed by atoms with van der Waals surface area (Å²) in [5.74, 6) is 1.01. The normalized spacial score (nSPS) is 13.2. The highest BCUT2D eigenvalue weighted by molar-refractivity contribution is 4.89. The summed E-state index contributed by atoms with van der Waals surface area (Å²) in [6.07, 6.45) is 4.70. The lowest BCUT2D eigenvalue weighted by Crippen LogP contribution is -2.23. The van der Waals surface area contributed by atoms with Crippen molar-refractivity contribution in [1.29, 1.82) is 0 Å². The minimum atomic E-state index is 0.208. The molecule has 0 amide bonds. The van der Waals surface area contributed by atoms with Crippen molar-refractivity contribution in [1.82, 2.24) is 14.8 Å². The van der Waals surface area contributed by atoms with Gasteiger partial charge in [-0.2, -0.15) is 0 Å². The maximum atomic E-state index is 5.85. The molecule has 1 rings (SSSR count). The van der Waals surface area contributed by atoms with Crippen LogP contribution in [0, 0.1) is 0 Å². The van der Waals surface area contributed by atoms with Gasteiger partial charge in [-0.3, -0.25) is 0 Å². The van der Waals surface area contributed by atoms with Crippen LogP contribution in [0.1, 0.15) is 32.5 Å².